The predicted molar refractivity (Wildman–Crippen MR) is 77.2 cm³/mol. The lowest BCUT2D eigenvalue weighted by molar-refractivity contribution is 0.631. The normalized spacial score (nSPS) is 9.19. The van der Waals surface area contributed by atoms with Crippen molar-refractivity contribution in [3.8, 4) is 0 Å². The molecular weight excluding hydrogens is 336 g/mol. The Balaban J connectivity index is 0.000000165. The fraction of sp³-hybridized carbons (Fsp3) is 0. The molecule has 0 fully saturated rings. The summed E-state index contributed by atoms with van der Waals surface area (Å²) in [5.41, 5.74) is 5.41. The van der Waals surface area contributed by atoms with Gasteiger partial charge >= 0.3 is 0 Å². The van der Waals surface area contributed by atoms with Crippen LogP contribution < -0.4 is 5.73 Å². The van der Waals surface area contributed by atoms with E-state index >= 15 is 0 Å². The van der Waals surface area contributed by atoms with Crippen LogP contribution >= 0.6 is 35.2 Å². The maximum absolute atomic E-state index is 12.4. The zero-order valence-corrected chi connectivity index (χ0v) is 11.5. The van der Waals surface area contributed by atoms with Gasteiger partial charge in [-0.2, -0.15) is 0 Å². The minimum Gasteiger partial charge on any atom is -0.396 e. The first-order chi connectivity index (χ1) is 7.59. The molecule has 0 saturated heterocycles. The number of rotatable bonds is 0. The Labute approximate surface area is 113 Å². The lowest BCUT2D eigenvalue weighted by atomic mass is 10.3. The van der Waals surface area contributed by atoms with Crippen LogP contribution in [0.1, 0.15) is 0 Å². The van der Waals surface area contributed by atoms with Crippen LogP contribution in [0.2, 0.25) is 0 Å². The van der Waals surface area contributed by atoms with Crippen LogP contribution in [0.3, 0.4) is 0 Å². The molecule has 0 atom stereocenters. The van der Waals surface area contributed by atoms with Gasteiger partial charge < -0.3 is 5.73 Å². The van der Waals surface area contributed by atoms with Gasteiger partial charge in [-0.1, -0.05) is 18.2 Å². The van der Waals surface area contributed by atoms with Crippen LogP contribution in [0.25, 0.3) is 0 Å². The third kappa shape index (κ3) is 4.85. The summed E-state index contributed by atoms with van der Waals surface area (Å²) in [7, 11) is 0. The molecular formula is C12H11FINS. The Hall–Kier alpha value is -0.750. The van der Waals surface area contributed by atoms with Crippen molar-refractivity contribution >= 4 is 40.9 Å². The van der Waals surface area contributed by atoms with Gasteiger partial charge in [-0.15, -0.1) is 12.6 Å². The topological polar surface area (TPSA) is 26.0 Å². The quantitative estimate of drug-likeness (QED) is 0.421. The summed E-state index contributed by atoms with van der Waals surface area (Å²) in [5.74, 6) is -0.345. The monoisotopic (exact) mass is 347 g/mol. The number of thiol groups is 1. The third-order valence-electron chi connectivity index (χ3n) is 1.72. The minimum absolute atomic E-state index is 0.204. The predicted octanol–water partition coefficient (Wildman–Crippen LogP) is 3.99. The van der Waals surface area contributed by atoms with Crippen molar-refractivity contribution in [2.24, 2.45) is 0 Å². The highest BCUT2D eigenvalue weighted by Crippen LogP contribution is 2.12. The lowest BCUT2D eigenvalue weighted by Crippen LogP contribution is -1.89. The maximum atomic E-state index is 12.4. The van der Waals surface area contributed by atoms with Gasteiger partial charge in [0.05, 0.1) is 5.69 Å². The van der Waals surface area contributed by atoms with E-state index in [1.165, 1.54) is 6.07 Å². The number of hydrogen-bond acceptors (Lipinski definition) is 2. The molecule has 0 aliphatic carbocycles. The fourth-order valence-electron chi connectivity index (χ4n) is 0.929. The third-order valence-corrected chi connectivity index (χ3v) is 2.69. The van der Waals surface area contributed by atoms with Gasteiger partial charge in [0.25, 0.3) is 0 Å². The number of benzene rings is 2. The molecule has 0 saturated carbocycles. The smallest absolute Gasteiger partial charge is 0.147 e. The Kier molecular flexibility index (Phi) is 5.62. The summed E-state index contributed by atoms with van der Waals surface area (Å²) in [5, 5.41) is 0. The van der Waals surface area contributed by atoms with Crippen LogP contribution in [0, 0.1) is 9.39 Å². The Bertz CT molecular complexity index is 448. The average molecular weight is 347 g/mol. The highest BCUT2D eigenvalue weighted by Gasteiger charge is 1.95. The van der Waals surface area contributed by atoms with Gasteiger partial charge in [0, 0.05) is 8.47 Å². The van der Waals surface area contributed by atoms with Gasteiger partial charge in [-0.25, -0.2) is 4.39 Å². The number of anilines is 1. The van der Waals surface area contributed by atoms with Gasteiger partial charge in [0.15, 0.2) is 0 Å². The van der Waals surface area contributed by atoms with Crippen molar-refractivity contribution in [3.63, 3.8) is 0 Å². The second-order valence-corrected chi connectivity index (χ2v) is 4.76. The summed E-state index contributed by atoms with van der Waals surface area (Å²) in [4.78, 5) is 1.02. The summed E-state index contributed by atoms with van der Waals surface area (Å²) in [6.45, 7) is 0. The number of halogens is 2. The van der Waals surface area contributed by atoms with Crippen LogP contribution in [0.4, 0.5) is 10.1 Å². The van der Waals surface area contributed by atoms with Crippen LogP contribution in [-0.2, 0) is 0 Å². The number of hydrogen-bond donors (Lipinski definition) is 2. The first-order valence-electron chi connectivity index (χ1n) is 4.54. The molecule has 0 unspecified atom stereocenters. The second-order valence-electron chi connectivity index (χ2n) is 3.00. The summed E-state index contributed by atoms with van der Waals surface area (Å²) in [6.07, 6.45) is 0. The molecule has 0 heterocycles. The zero-order chi connectivity index (χ0) is 12.0. The Morgan fingerprint density at radius 1 is 1.06 bits per heavy atom. The highest BCUT2D eigenvalue weighted by atomic mass is 127. The SMILES string of the molecule is Nc1ccc(I)cc1F.Sc1ccccc1. The minimum atomic E-state index is -0.345. The van der Waals surface area contributed by atoms with Gasteiger partial charge in [0.2, 0.25) is 0 Å². The molecule has 4 heteroatoms. The van der Waals surface area contributed by atoms with E-state index in [0.717, 1.165) is 8.47 Å². The van der Waals surface area contributed by atoms with Gasteiger partial charge in [-0.3, -0.25) is 0 Å². The Morgan fingerprint density at radius 3 is 2.06 bits per heavy atom. The van der Waals surface area contributed by atoms with E-state index in [4.69, 9.17) is 5.73 Å². The highest BCUT2D eigenvalue weighted by molar-refractivity contribution is 14.1. The lowest BCUT2D eigenvalue weighted by Gasteiger charge is -1.93. The molecule has 0 radical (unpaired) electrons. The first-order valence-corrected chi connectivity index (χ1v) is 6.06. The van der Waals surface area contributed by atoms with Gasteiger partial charge in [0.1, 0.15) is 5.82 Å². The Morgan fingerprint density at radius 2 is 1.69 bits per heavy atom. The molecule has 0 aliphatic rings. The van der Waals surface area contributed by atoms with Crippen molar-refractivity contribution in [3.05, 3.63) is 57.9 Å². The molecule has 1 nitrogen and oxygen atoms in total. The molecule has 0 amide bonds. The molecule has 84 valence electrons. The van der Waals surface area contributed by atoms with Crippen LogP contribution in [-0.4, -0.2) is 0 Å². The van der Waals surface area contributed by atoms with Crippen molar-refractivity contribution in [1.82, 2.24) is 0 Å². The number of nitrogen functional groups attached to an aromatic ring is 1. The molecule has 0 spiro atoms. The maximum Gasteiger partial charge on any atom is 0.147 e. The largest absolute Gasteiger partial charge is 0.396 e. The first kappa shape index (κ1) is 13.3. The van der Waals surface area contributed by atoms with Crippen molar-refractivity contribution in [1.29, 1.82) is 0 Å². The van der Waals surface area contributed by atoms with Crippen molar-refractivity contribution in [2.45, 2.75) is 4.90 Å². The zero-order valence-electron chi connectivity index (χ0n) is 8.40. The average Bonchev–Trinajstić information content (AvgIpc) is 2.26. The standard InChI is InChI=1S/C6H5FIN.C6H6S/c7-5-3-4(8)1-2-6(5)9;7-6-4-2-1-3-5-6/h1-3H,9H2;1-5,7H. The van der Waals surface area contributed by atoms with E-state index < -0.39 is 0 Å². The summed E-state index contributed by atoms with van der Waals surface area (Å²) < 4.78 is 13.3. The molecule has 2 rings (SSSR count). The van der Waals surface area contributed by atoms with Crippen molar-refractivity contribution in [2.75, 3.05) is 5.73 Å². The van der Waals surface area contributed by atoms with Crippen LogP contribution in [0.15, 0.2) is 53.4 Å². The van der Waals surface area contributed by atoms with Crippen LogP contribution in [0.5, 0.6) is 0 Å². The molecule has 0 bridgehead atoms. The molecule has 2 aromatic rings. The fourth-order valence-corrected chi connectivity index (χ4v) is 1.55. The van der Waals surface area contributed by atoms with E-state index in [2.05, 4.69) is 12.6 Å². The summed E-state index contributed by atoms with van der Waals surface area (Å²) in [6, 6.07) is 14.5. The van der Waals surface area contributed by atoms with E-state index in [1.807, 2.05) is 52.9 Å². The molecule has 2 N–H and O–H groups in total. The second kappa shape index (κ2) is 6.75. The molecule has 0 aromatic heterocycles. The van der Waals surface area contributed by atoms with E-state index in [0.29, 0.717) is 0 Å². The van der Waals surface area contributed by atoms with E-state index in [-0.39, 0.29) is 11.5 Å². The summed E-state index contributed by atoms with van der Waals surface area (Å²) >= 11 is 6.11. The molecule has 2 aromatic carbocycles. The van der Waals surface area contributed by atoms with Gasteiger partial charge in [-0.05, 0) is 52.9 Å². The number of nitrogens with two attached hydrogens (primary N) is 1. The molecule has 0 aliphatic heterocycles. The molecule has 16 heavy (non-hydrogen) atoms. The van der Waals surface area contributed by atoms with E-state index in [9.17, 15) is 4.39 Å². The van der Waals surface area contributed by atoms with Crippen molar-refractivity contribution < 1.29 is 4.39 Å². The van der Waals surface area contributed by atoms with E-state index in [1.54, 1.807) is 12.1 Å².